The molecule has 1 heterocycles. The molecule has 0 bridgehead atoms. The highest BCUT2D eigenvalue weighted by Crippen LogP contribution is 2.40. The van der Waals surface area contributed by atoms with Gasteiger partial charge in [0.1, 0.15) is 0 Å². The number of hydrogen-bond acceptors (Lipinski definition) is 2. The van der Waals surface area contributed by atoms with Crippen molar-refractivity contribution in [2.75, 3.05) is 18.1 Å². The van der Waals surface area contributed by atoms with Gasteiger partial charge in [0.2, 0.25) is 5.91 Å². The summed E-state index contributed by atoms with van der Waals surface area (Å²) in [5.74, 6) is 3.19. The first kappa shape index (κ1) is 14.2. The minimum atomic E-state index is -0.0558. The van der Waals surface area contributed by atoms with Crippen LogP contribution in [-0.2, 0) is 4.79 Å². The van der Waals surface area contributed by atoms with Crippen molar-refractivity contribution in [1.29, 1.82) is 0 Å². The number of terminal acetylenes is 1. The molecule has 1 saturated heterocycles. The van der Waals surface area contributed by atoms with Gasteiger partial charge >= 0.3 is 0 Å². The Kier molecular flexibility index (Phi) is 4.38. The van der Waals surface area contributed by atoms with Gasteiger partial charge in [0.25, 0.3) is 0 Å². The highest BCUT2D eigenvalue weighted by molar-refractivity contribution is 9.10. The van der Waals surface area contributed by atoms with Crippen molar-refractivity contribution in [2.45, 2.75) is 13.3 Å². The molecular weight excluding hydrogens is 330 g/mol. The normalized spacial score (nSPS) is 18.5. The number of hydrogen-bond donors (Lipinski definition) is 0. The van der Waals surface area contributed by atoms with Gasteiger partial charge in [-0.15, -0.1) is 12.3 Å². The minimum absolute atomic E-state index is 0.00179. The van der Waals surface area contributed by atoms with E-state index in [1.54, 1.807) is 17.0 Å². The first-order chi connectivity index (χ1) is 9.06. The third kappa shape index (κ3) is 2.88. The predicted octanol–water partition coefficient (Wildman–Crippen LogP) is 3.49. The molecule has 0 N–H and O–H groups in total. The van der Waals surface area contributed by atoms with Gasteiger partial charge in [-0.2, -0.15) is 0 Å². The molecule has 2 rings (SSSR count). The number of halogens is 2. The number of carbonyl (C=O) groups excluding carboxylic acids is 1. The average molecular weight is 343 g/mol. The largest absolute Gasteiger partial charge is 0.490 e. The summed E-state index contributed by atoms with van der Waals surface area (Å²) < 4.78 is 6.33. The van der Waals surface area contributed by atoms with Crippen molar-refractivity contribution in [3.8, 4) is 18.1 Å². The van der Waals surface area contributed by atoms with E-state index in [0.29, 0.717) is 36.0 Å². The Morgan fingerprint density at radius 1 is 1.63 bits per heavy atom. The Morgan fingerprint density at radius 3 is 2.95 bits per heavy atom. The van der Waals surface area contributed by atoms with Crippen molar-refractivity contribution in [3.63, 3.8) is 0 Å². The van der Waals surface area contributed by atoms with Gasteiger partial charge in [-0.3, -0.25) is 4.79 Å². The molecule has 100 valence electrons. The maximum absolute atomic E-state index is 12.0. The fourth-order valence-corrected chi connectivity index (χ4v) is 3.00. The molecule has 1 fully saturated rings. The molecule has 1 aliphatic heterocycles. The van der Waals surface area contributed by atoms with E-state index in [-0.39, 0.29) is 11.8 Å². The van der Waals surface area contributed by atoms with Crippen LogP contribution < -0.4 is 9.64 Å². The topological polar surface area (TPSA) is 29.5 Å². The highest BCUT2D eigenvalue weighted by Gasteiger charge is 2.32. The fourth-order valence-electron chi connectivity index (χ4n) is 2.09. The van der Waals surface area contributed by atoms with E-state index in [9.17, 15) is 4.79 Å². The van der Waals surface area contributed by atoms with Crippen LogP contribution >= 0.6 is 27.5 Å². The zero-order valence-corrected chi connectivity index (χ0v) is 12.8. The molecule has 1 unspecified atom stereocenters. The van der Waals surface area contributed by atoms with Gasteiger partial charge < -0.3 is 9.64 Å². The Hall–Kier alpha value is -1.18. The average Bonchev–Trinajstić information content (AvgIpc) is 2.74. The van der Waals surface area contributed by atoms with Gasteiger partial charge in [-0.05, 0) is 35.0 Å². The highest BCUT2D eigenvalue weighted by atomic mass is 79.9. The Labute approximate surface area is 126 Å². The van der Waals surface area contributed by atoms with Crippen LogP contribution in [0.3, 0.4) is 0 Å². The van der Waals surface area contributed by atoms with Crippen LogP contribution in [0.4, 0.5) is 5.69 Å². The van der Waals surface area contributed by atoms with E-state index in [1.807, 2.05) is 6.92 Å². The zero-order chi connectivity index (χ0) is 14.0. The van der Waals surface area contributed by atoms with Crippen molar-refractivity contribution in [3.05, 3.63) is 21.6 Å². The van der Waals surface area contributed by atoms with E-state index in [0.717, 1.165) is 4.47 Å². The molecule has 0 aliphatic carbocycles. The molecule has 1 aromatic carbocycles. The molecule has 19 heavy (non-hydrogen) atoms. The second-order valence-electron chi connectivity index (χ2n) is 4.24. The van der Waals surface area contributed by atoms with Gasteiger partial charge in [0.05, 0.1) is 16.8 Å². The lowest BCUT2D eigenvalue weighted by atomic mass is 10.1. The maximum atomic E-state index is 12.0. The summed E-state index contributed by atoms with van der Waals surface area (Å²) in [6, 6.07) is 3.48. The number of ether oxygens (including phenoxy) is 1. The van der Waals surface area contributed by atoms with Crippen LogP contribution in [0, 0.1) is 18.3 Å². The Balaban J connectivity index is 2.44. The van der Waals surface area contributed by atoms with Crippen molar-refractivity contribution < 1.29 is 9.53 Å². The van der Waals surface area contributed by atoms with Crippen LogP contribution in [0.2, 0.25) is 5.02 Å². The van der Waals surface area contributed by atoms with Crippen molar-refractivity contribution in [2.24, 2.45) is 5.92 Å². The zero-order valence-electron chi connectivity index (χ0n) is 10.5. The summed E-state index contributed by atoms with van der Waals surface area (Å²) in [5, 5.41) is 0.544. The summed E-state index contributed by atoms with van der Waals surface area (Å²) in [7, 11) is 0. The number of anilines is 1. The SMILES string of the molecule is C#CC1CC(=O)N(c2cc(Cl)cc(Br)c2OCC)C1. The maximum Gasteiger partial charge on any atom is 0.228 e. The van der Waals surface area contributed by atoms with Gasteiger partial charge in [0, 0.05) is 23.9 Å². The first-order valence-electron chi connectivity index (χ1n) is 5.95. The molecule has 1 atom stereocenters. The smallest absolute Gasteiger partial charge is 0.228 e. The Bertz CT molecular complexity index is 553. The lowest BCUT2D eigenvalue weighted by Gasteiger charge is -2.21. The van der Waals surface area contributed by atoms with E-state index < -0.39 is 0 Å². The summed E-state index contributed by atoms with van der Waals surface area (Å²) in [4.78, 5) is 13.7. The molecule has 0 radical (unpaired) electrons. The molecule has 0 saturated carbocycles. The van der Waals surface area contributed by atoms with E-state index in [2.05, 4.69) is 21.9 Å². The third-order valence-electron chi connectivity index (χ3n) is 2.93. The number of benzene rings is 1. The van der Waals surface area contributed by atoms with Gasteiger partial charge in [-0.25, -0.2) is 0 Å². The van der Waals surface area contributed by atoms with Crippen LogP contribution in [0.25, 0.3) is 0 Å². The van der Waals surface area contributed by atoms with Crippen LogP contribution in [0.1, 0.15) is 13.3 Å². The molecule has 1 aromatic rings. The fraction of sp³-hybridized carbons (Fsp3) is 0.357. The number of nitrogens with zero attached hydrogens (tertiary/aromatic N) is 1. The third-order valence-corrected chi connectivity index (χ3v) is 3.74. The van der Waals surface area contributed by atoms with Gasteiger partial charge in [0.15, 0.2) is 5.75 Å². The molecule has 3 nitrogen and oxygen atoms in total. The second kappa shape index (κ2) is 5.85. The molecule has 1 amide bonds. The lowest BCUT2D eigenvalue weighted by Crippen LogP contribution is -2.25. The van der Waals surface area contributed by atoms with Crippen LogP contribution in [0.15, 0.2) is 16.6 Å². The predicted molar refractivity (Wildman–Crippen MR) is 79.6 cm³/mol. The summed E-state index contributed by atoms with van der Waals surface area (Å²) in [5.41, 5.74) is 0.670. The molecule has 5 heteroatoms. The molecular formula is C14H13BrClNO2. The number of amides is 1. The summed E-state index contributed by atoms with van der Waals surface area (Å²) in [6.07, 6.45) is 5.76. The number of carbonyl (C=O) groups is 1. The summed E-state index contributed by atoms with van der Waals surface area (Å²) in [6.45, 7) is 2.90. The van der Waals surface area contributed by atoms with E-state index in [4.69, 9.17) is 22.8 Å². The van der Waals surface area contributed by atoms with E-state index >= 15 is 0 Å². The minimum Gasteiger partial charge on any atom is -0.490 e. The second-order valence-corrected chi connectivity index (χ2v) is 5.53. The standard InChI is InChI=1S/C14H13BrClNO2/c1-3-9-5-13(18)17(8-9)12-7-10(16)6-11(15)14(12)19-4-2/h1,6-7,9H,4-5,8H2,2H3. The first-order valence-corrected chi connectivity index (χ1v) is 7.12. The molecule has 1 aliphatic rings. The van der Waals surface area contributed by atoms with Crippen molar-refractivity contribution in [1.82, 2.24) is 0 Å². The Morgan fingerprint density at radius 2 is 2.37 bits per heavy atom. The van der Waals surface area contributed by atoms with Gasteiger partial charge in [-0.1, -0.05) is 11.6 Å². The molecule has 0 spiro atoms. The van der Waals surface area contributed by atoms with Crippen LogP contribution in [0.5, 0.6) is 5.75 Å². The lowest BCUT2D eigenvalue weighted by molar-refractivity contribution is -0.117. The van der Waals surface area contributed by atoms with E-state index in [1.165, 1.54) is 0 Å². The quantitative estimate of drug-likeness (QED) is 0.787. The van der Waals surface area contributed by atoms with Crippen molar-refractivity contribution >= 4 is 39.1 Å². The van der Waals surface area contributed by atoms with Crippen LogP contribution in [-0.4, -0.2) is 19.1 Å². The molecule has 0 aromatic heterocycles. The number of rotatable bonds is 3. The monoisotopic (exact) mass is 341 g/mol. The summed E-state index contributed by atoms with van der Waals surface area (Å²) >= 11 is 9.47.